The number of benzene rings is 1. The standard InChI is InChI=1S/C16H15ClN4O3/c1-20(24-3)16(22)11-9-21-14(12(17)15(19-21)23-2)18-13(11)10-7-5-4-6-8-10/h4-9H,1-3H3/i2D3. The van der Waals surface area contributed by atoms with Crippen LogP contribution in [0.15, 0.2) is 36.5 Å². The van der Waals surface area contributed by atoms with Gasteiger partial charge in [-0.25, -0.2) is 14.6 Å². The summed E-state index contributed by atoms with van der Waals surface area (Å²) in [6.07, 6.45) is 1.40. The van der Waals surface area contributed by atoms with Crippen LogP contribution >= 0.6 is 11.6 Å². The third-order valence-electron chi connectivity index (χ3n) is 3.46. The van der Waals surface area contributed by atoms with Crippen molar-refractivity contribution in [3.05, 3.63) is 47.1 Å². The van der Waals surface area contributed by atoms with Crippen LogP contribution in [0.2, 0.25) is 5.02 Å². The van der Waals surface area contributed by atoms with Gasteiger partial charge in [0.05, 0.1) is 29.5 Å². The minimum Gasteiger partial charge on any atom is -0.479 e. The van der Waals surface area contributed by atoms with Gasteiger partial charge in [0.2, 0.25) is 0 Å². The molecular weight excluding hydrogens is 332 g/mol. The maximum Gasteiger partial charge on any atom is 0.280 e. The zero-order valence-corrected chi connectivity index (χ0v) is 13.6. The molecule has 0 saturated heterocycles. The summed E-state index contributed by atoms with van der Waals surface area (Å²) in [4.78, 5) is 22.1. The van der Waals surface area contributed by atoms with Crippen molar-refractivity contribution in [2.75, 3.05) is 21.2 Å². The van der Waals surface area contributed by atoms with Gasteiger partial charge >= 0.3 is 0 Å². The van der Waals surface area contributed by atoms with Crippen LogP contribution in [0.3, 0.4) is 0 Å². The van der Waals surface area contributed by atoms with E-state index >= 15 is 0 Å². The van der Waals surface area contributed by atoms with Gasteiger partial charge in [0.25, 0.3) is 11.8 Å². The topological polar surface area (TPSA) is 69.0 Å². The van der Waals surface area contributed by atoms with Crippen LogP contribution < -0.4 is 4.74 Å². The van der Waals surface area contributed by atoms with Crippen molar-refractivity contribution in [1.29, 1.82) is 0 Å². The van der Waals surface area contributed by atoms with E-state index in [1.807, 2.05) is 6.07 Å². The van der Waals surface area contributed by atoms with E-state index in [2.05, 4.69) is 10.1 Å². The Morgan fingerprint density at radius 2 is 2.12 bits per heavy atom. The number of hydrogen-bond acceptors (Lipinski definition) is 5. The number of nitrogens with zero attached hydrogens (tertiary/aromatic N) is 4. The Hall–Kier alpha value is -2.64. The highest BCUT2D eigenvalue weighted by molar-refractivity contribution is 6.34. The Morgan fingerprint density at radius 3 is 2.79 bits per heavy atom. The number of aromatic nitrogens is 3. The number of carbonyl (C=O) groups is 1. The van der Waals surface area contributed by atoms with E-state index in [-0.39, 0.29) is 22.1 Å². The lowest BCUT2D eigenvalue weighted by molar-refractivity contribution is -0.0757. The molecule has 0 aliphatic carbocycles. The molecular formula is C16H15ClN4O3. The van der Waals surface area contributed by atoms with Gasteiger partial charge in [-0.2, -0.15) is 0 Å². The van der Waals surface area contributed by atoms with E-state index in [9.17, 15) is 4.79 Å². The number of hydroxylamine groups is 2. The molecule has 2 aromatic heterocycles. The second kappa shape index (κ2) is 6.46. The molecule has 124 valence electrons. The third kappa shape index (κ3) is 2.68. The van der Waals surface area contributed by atoms with E-state index in [1.54, 1.807) is 24.3 Å². The lowest BCUT2D eigenvalue weighted by atomic mass is 10.1. The number of fused-ring (bicyclic) bond motifs is 1. The molecule has 24 heavy (non-hydrogen) atoms. The molecule has 0 aliphatic rings. The summed E-state index contributed by atoms with van der Waals surface area (Å²) in [7, 11) is 0.0956. The number of halogens is 1. The molecule has 1 amide bonds. The second-order valence-corrected chi connectivity index (χ2v) is 5.22. The van der Waals surface area contributed by atoms with Crippen LogP contribution in [0.1, 0.15) is 14.5 Å². The van der Waals surface area contributed by atoms with Crippen LogP contribution in [0.5, 0.6) is 5.88 Å². The highest BCUT2D eigenvalue weighted by Gasteiger charge is 2.22. The summed E-state index contributed by atoms with van der Waals surface area (Å²) in [6, 6.07) is 9.01. The second-order valence-electron chi connectivity index (χ2n) is 4.84. The Labute approximate surface area is 147 Å². The van der Waals surface area contributed by atoms with E-state index in [0.29, 0.717) is 11.3 Å². The van der Waals surface area contributed by atoms with Gasteiger partial charge in [0, 0.05) is 18.8 Å². The number of amides is 1. The van der Waals surface area contributed by atoms with Gasteiger partial charge in [-0.15, -0.1) is 5.10 Å². The quantitative estimate of drug-likeness (QED) is 0.677. The fourth-order valence-electron chi connectivity index (χ4n) is 2.22. The summed E-state index contributed by atoms with van der Waals surface area (Å²) in [5, 5.41) is 4.96. The van der Waals surface area contributed by atoms with E-state index in [4.69, 9.17) is 25.3 Å². The molecule has 7 nitrogen and oxygen atoms in total. The monoisotopic (exact) mass is 349 g/mol. The van der Waals surface area contributed by atoms with Gasteiger partial charge in [-0.1, -0.05) is 41.9 Å². The average molecular weight is 350 g/mol. The molecule has 3 aromatic rings. The highest BCUT2D eigenvalue weighted by Crippen LogP contribution is 2.30. The van der Waals surface area contributed by atoms with Gasteiger partial charge in [0.15, 0.2) is 5.65 Å². The number of ether oxygens (including phenoxy) is 1. The minimum absolute atomic E-state index is 0.0672. The van der Waals surface area contributed by atoms with Crippen LogP contribution in [-0.2, 0) is 4.84 Å². The van der Waals surface area contributed by atoms with Crippen LogP contribution in [-0.4, -0.2) is 46.8 Å². The number of rotatable bonds is 4. The van der Waals surface area contributed by atoms with Crippen molar-refractivity contribution < 1.29 is 18.5 Å². The van der Waals surface area contributed by atoms with Crippen molar-refractivity contribution in [2.24, 2.45) is 0 Å². The molecule has 0 atom stereocenters. The molecule has 0 fully saturated rings. The molecule has 0 bridgehead atoms. The van der Waals surface area contributed by atoms with Gasteiger partial charge in [-0.05, 0) is 0 Å². The maximum absolute atomic E-state index is 12.7. The summed E-state index contributed by atoms with van der Waals surface area (Å²) >= 11 is 6.20. The summed E-state index contributed by atoms with van der Waals surface area (Å²) in [5.74, 6) is -0.761. The maximum atomic E-state index is 12.7. The molecule has 8 heteroatoms. The molecule has 2 heterocycles. The predicted molar refractivity (Wildman–Crippen MR) is 89.1 cm³/mol. The molecule has 1 aromatic carbocycles. The molecule has 0 spiro atoms. The molecule has 0 saturated carbocycles. The summed E-state index contributed by atoms with van der Waals surface area (Å²) < 4.78 is 27.6. The third-order valence-corrected chi connectivity index (χ3v) is 3.79. The fourth-order valence-corrected chi connectivity index (χ4v) is 2.42. The normalized spacial score (nSPS) is 13.2. The highest BCUT2D eigenvalue weighted by atomic mass is 35.5. The first-order valence-electron chi connectivity index (χ1n) is 8.36. The van der Waals surface area contributed by atoms with Crippen LogP contribution in [0.4, 0.5) is 0 Å². The largest absolute Gasteiger partial charge is 0.479 e. The Morgan fingerprint density at radius 1 is 1.38 bits per heavy atom. The number of hydrogen-bond donors (Lipinski definition) is 0. The lowest BCUT2D eigenvalue weighted by Gasteiger charge is -2.16. The van der Waals surface area contributed by atoms with Gasteiger partial charge < -0.3 is 4.74 Å². The van der Waals surface area contributed by atoms with Crippen molar-refractivity contribution in [1.82, 2.24) is 19.7 Å². The zero-order chi connectivity index (χ0) is 19.8. The van der Waals surface area contributed by atoms with Crippen molar-refractivity contribution >= 4 is 23.2 Å². The van der Waals surface area contributed by atoms with Crippen molar-refractivity contribution in [3.63, 3.8) is 0 Å². The van der Waals surface area contributed by atoms with Crippen molar-refractivity contribution in [2.45, 2.75) is 0 Å². The number of methoxy groups -OCH3 is 1. The van der Waals surface area contributed by atoms with Crippen LogP contribution in [0, 0.1) is 0 Å². The smallest absolute Gasteiger partial charge is 0.280 e. The lowest BCUT2D eigenvalue weighted by Crippen LogP contribution is -2.26. The summed E-state index contributed by atoms with van der Waals surface area (Å²) in [5.41, 5.74) is 1.37. The Kier molecular flexibility index (Phi) is 3.43. The van der Waals surface area contributed by atoms with E-state index in [1.165, 1.54) is 24.9 Å². The molecule has 3 rings (SSSR count). The first-order valence-corrected chi connectivity index (χ1v) is 7.24. The molecule has 0 N–H and O–H groups in total. The first kappa shape index (κ1) is 12.7. The minimum atomic E-state index is -2.72. The Bertz CT molecular complexity index is 992. The van der Waals surface area contributed by atoms with Gasteiger partial charge in [0.1, 0.15) is 5.02 Å². The van der Waals surface area contributed by atoms with Crippen LogP contribution in [0.25, 0.3) is 16.9 Å². The SMILES string of the molecule is [2H]C([2H])([2H])Oc1nn2cc(C(=O)N(C)OC)c(-c3ccccc3)nc2c1Cl. The zero-order valence-electron chi connectivity index (χ0n) is 15.9. The predicted octanol–water partition coefficient (Wildman–Crippen LogP) is 2.69. The summed E-state index contributed by atoms with van der Waals surface area (Å²) in [6.45, 7) is 0. The molecule has 0 aliphatic heterocycles. The first-order chi connectivity index (χ1) is 12.7. The van der Waals surface area contributed by atoms with Gasteiger partial charge in [-0.3, -0.25) is 9.63 Å². The Balaban J connectivity index is 2.23. The fraction of sp³-hybridized carbons (Fsp3) is 0.188. The van der Waals surface area contributed by atoms with E-state index in [0.717, 1.165) is 5.06 Å². The van der Waals surface area contributed by atoms with E-state index < -0.39 is 12.9 Å². The molecule has 0 radical (unpaired) electrons. The number of carbonyl (C=O) groups excluding carboxylic acids is 1. The van der Waals surface area contributed by atoms with Crippen molar-refractivity contribution in [3.8, 4) is 17.1 Å². The average Bonchev–Trinajstić information content (AvgIpc) is 2.93. The molecule has 0 unspecified atom stereocenters.